The van der Waals surface area contributed by atoms with Crippen molar-refractivity contribution in [3.8, 4) is 0 Å². The molecule has 0 aliphatic carbocycles. The van der Waals surface area contributed by atoms with E-state index in [0.29, 0.717) is 19.5 Å². The first-order chi connectivity index (χ1) is 12.6. The summed E-state index contributed by atoms with van der Waals surface area (Å²) in [6.45, 7) is 3.22. The van der Waals surface area contributed by atoms with Crippen molar-refractivity contribution in [2.45, 2.75) is 32.2 Å². The van der Waals surface area contributed by atoms with Crippen LogP contribution in [0.15, 0.2) is 60.7 Å². The van der Waals surface area contributed by atoms with Gasteiger partial charge in [0.1, 0.15) is 0 Å². The van der Waals surface area contributed by atoms with Crippen molar-refractivity contribution in [3.05, 3.63) is 71.8 Å². The molecule has 4 nitrogen and oxygen atoms in total. The van der Waals surface area contributed by atoms with Gasteiger partial charge in [-0.3, -0.25) is 9.59 Å². The third kappa shape index (κ3) is 4.72. The Labute approximate surface area is 155 Å². The van der Waals surface area contributed by atoms with Gasteiger partial charge in [0.25, 0.3) is 0 Å². The van der Waals surface area contributed by atoms with Crippen molar-refractivity contribution in [3.63, 3.8) is 0 Å². The van der Waals surface area contributed by atoms with E-state index in [2.05, 4.69) is 17.4 Å². The summed E-state index contributed by atoms with van der Waals surface area (Å²) in [5.41, 5.74) is 2.36. The topological polar surface area (TPSA) is 49.4 Å². The number of amides is 2. The van der Waals surface area contributed by atoms with Gasteiger partial charge in [-0.05, 0) is 30.9 Å². The normalized spacial score (nSPS) is 18.0. The molecule has 1 saturated heterocycles. The molecule has 0 radical (unpaired) electrons. The van der Waals surface area contributed by atoms with Crippen LogP contribution in [0.1, 0.15) is 36.9 Å². The SMILES string of the molecule is CC(NC(=O)C1CC(=O)N(CCCc2ccccc2)C1)c1ccccc1. The summed E-state index contributed by atoms with van der Waals surface area (Å²) in [7, 11) is 0. The molecular weight excluding hydrogens is 324 g/mol. The highest BCUT2D eigenvalue weighted by Gasteiger charge is 2.34. The smallest absolute Gasteiger partial charge is 0.225 e. The minimum Gasteiger partial charge on any atom is -0.349 e. The maximum absolute atomic E-state index is 12.5. The van der Waals surface area contributed by atoms with Crippen molar-refractivity contribution < 1.29 is 9.59 Å². The third-order valence-corrected chi connectivity index (χ3v) is 4.98. The van der Waals surface area contributed by atoms with E-state index < -0.39 is 0 Å². The van der Waals surface area contributed by atoms with E-state index >= 15 is 0 Å². The van der Waals surface area contributed by atoms with Gasteiger partial charge >= 0.3 is 0 Å². The number of carbonyl (C=O) groups excluding carboxylic acids is 2. The zero-order chi connectivity index (χ0) is 18.4. The van der Waals surface area contributed by atoms with Crippen molar-refractivity contribution in [2.24, 2.45) is 5.92 Å². The first-order valence-corrected chi connectivity index (χ1v) is 9.30. The lowest BCUT2D eigenvalue weighted by molar-refractivity contribution is -0.129. The molecule has 2 aromatic carbocycles. The largest absolute Gasteiger partial charge is 0.349 e. The fraction of sp³-hybridized carbons (Fsp3) is 0.364. The molecule has 136 valence electrons. The molecule has 1 fully saturated rings. The van der Waals surface area contributed by atoms with E-state index in [1.165, 1.54) is 5.56 Å². The Balaban J connectivity index is 1.46. The van der Waals surface area contributed by atoms with Crippen LogP contribution in [0.2, 0.25) is 0 Å². The highest BCUT2D eigenvalue weighted by molar-refractivity contribution is 5.89. The van der Waals surface area contributed by atoms with Gasteiger partial charge in [0.15, 0.2) is 0 Å². The monoisotopic (exact) mass is 350 g/mol. The van der Waals surface area contributed by atoms with Gasteiger partial charge in [-0.2, -0.15) is 0 Å². The summed E-state index contributed by atoms with van der Waals surface area (Å²) in [6, 6.07) is 20.1. The number of rotatable bonds is 7. The molecule has 1 aliphatic rings. The fourth-order valence-electron chi connectivity index (χ4n) is 3.44. The van der Waals surface area contributed by atoms with Gasteiger partial charge in [0.2, 0.25) is 11.8 Å². The minimum absolute atomic E-state index is 0.0275. The highest BCUT2D eigenvalue weighted by atomic mass is 16.2. The molecule has 0 bridgehead atoms. The summed E-state index contributed by atoms with van der Waals surface area (Å²) in [6.07, 6.45) is 2.19. The van der Waals surface area contributed by atoms with Crippen molar-refractivity contribution in [1.82, 2.24) is 10.2 Å². The van der Waals surface area contributed by atoms with Crippen LogP contribution in [0.5, 0.6) is 0 Å². The zero-order valence-electron chi connectivity index (χ0n) is 15.2. The van der Waals surface area contributed by atoms with Gasteiger partial charge in [-0.1, -0.05) is 60.7 Å². The Kier molecular flexibility index (Phi) is 6.05. The van der Waals surface area contributed by atoms with Gasteiger partial charge in [0.05, 0.1) is 12.0 Å². The van der Waals surface area contributed by atoms with Crippen LogP contribution < -0.4 is 5.32 Å². The molecule has 0 saturated carbocycles. The van der Waals surface area contributed by atoms with Crippen molar-refractivity contribution in [1.29, 1.82) is 0 Å². The number of nitrogens with zero attached hydrogens (tertiary/aromatic N) is 1. The van der Waals surface area contributed by atoms with Crippen LogP contribution in [0.3, 0.4) is 0 Å². The first kappa shape index (κ1) is 18.2. The van der Waals surface area contributed by atoms with Gasteiger partial charge < -0.3 is 10.2 Å². The van der Waals surface area contributed by atoms with Crippen LogP contribution in [0.25, 0.3) is 0 Å². The van der Waals surface area contributed by atoms with E-state index in [0.717, 1.165) is 18.4 Å². The quantitative estimate of drug-likeness (QED) is 0.832. The van der Waals surface area contributed by atoms with Crippen LogP contribution in [-0.2, 0) is 16.0 Å². The second-order valence-electron chi connectivity index (χ2n) is 6.97. The lowest BCUT2D eigenvalue weighted by atomic mass is 10.1. The van der Waals surface area contributed by atoms with Crippen LogP contribution >= 0.6 is 0 Å². The molecule has 0 spiro atoms. The van der Waals surface area contributed by atoms with Crippen LogP contribution in [0.4, 0.5) is 0 Å². The standard InChI is InChI=1S/C22H26N2O2/c1-17(19-12-6-3-7-13-19)23-22(26)20-15-21(25)24(16-20)14-8-11-18-9-4-2-5-10-18/h2-7,9-10,12-13,17,20H,8,11,14-16H2,1H3,(H,23,26). The average Bonchev–Trinajstić information content (AvgIpc) is 3.04. The van der Waals surface area contributed by atoms with Crippen LogP contribution in [-0.4, -0.2) is 29.8 Å². The lowest BCUT2D eigenvalue weighted by Gasteiger charge is -2.18. The lowest BCUT2D eigenvalue weighted by Crippen LogP contribution is -2.34. The van der Waals surface area contributed by atoms with Gasteiger partial charge in [-0.15, -0.1) is 0 Å². The fourth-order valence-corrected chi connectivity index (χ4v) is 3.44. The maximum atomic E-state index is 12.5. The van der Waals surface area contributed by atoms with E-state index in [9.17, 15) is 9.59 Å². The number of hydrogen-bond donors (Lipinski definition) is 1. The number of likely N-dealkylation sites (tertiary alicyclic amines) is 1. The molecule has 2 unspecified atom stereocenters. The number of carbonyl (C=O) groups is 2. The number of aryl methyl sites for hydroxylation is 1. The number of hydrogen-bond acceptors (Lipinski definition) is 2. The van der Waals surface area contributed by atoms with Gasteiger partial charge in [0, 0.05) is 19.5 Å². The molecule has 1 aliphatic heterocycles. The second-order valence-corrected chi connectivity index (χ2v) is 6.97. The van der Waals surface area contributed by atoms with E-state index in [1.54, 1.807) is 0 Å². The predicted molar refractivity (Wildman–Crippen MR) is 102 cm³/mol. The Hall–Kier alpha value is -2.62. The molecule has 1 heterocycles. The number of nitrogens with one attached hydrogen (secondary N) is 1. The summed E-state index contributed by atoms with van der Waals surface area (Å²) >= 11 is 0. The van der Waals surface area contributed by atoms with E-state index in [4.69, 9.17) is 0 Å². The van der Waals surface area contributed by atoms with E-state index in [-0.39, 0.29) is 23.8 Å². The molecule has 2 aromatic rings. The summed E-state index contributed by atoms with van der Waals surface area (Å²) < 4.78 is 0. The molecule has 1 N–H and O–H groups in total. The Morgan fingerprint density at radius 2 is 1.77 bits per heavy atom. The number of benzene rings is 2. The molecule has 2 amide bonds. The summed E-state index contributed by atoms with van der Waals surface area (Å²) in [5, 5.41) is 3.04. The van der Waals surface area contributed by atoms with Crippen LogP contribution in [0, 0.1) is 5.92 Å². The summed E-state index contributed by atoms with van der Waals surface area (Å²) in [5.74, 6) is -0.184. The molecule has 4 heteroatoms. The zero-order valence-corrected chi connectivity index (χ0v) is 15.2. The Bertz CT molecular complexity index is 730. The summed E-state index contributed by atoms with van der Waals surface area (Å²) in [4.78, 5) is 26.6. The predicted octanol–water partition coefficient (Wildman–Crippen LogP) is 3.35. The Morgan fingerprint density at radius 3 is 2.46 bits per heavy atom. The van der Waals surface area contributed by atoms with Crippen molar-refractivity contribution >= 4 is 11.8 Å². The molecular formula is C22H26N2O2. The average molecular weight is 350 g/mol. The van der Waals surface area contributed by atoms with E-state index in [1.807, 2.05) is 60.4 Å². The maximum Gasteiger partial charge on any atom is 0.225 e. The molecule has 2 atom stereocenters. The Morgan fingerprint density at radius 1 is 1.12 bits per heavy atom. The van der Waals surface area contributed by atoms with Gasteiger partial charge in [-0.25, -0.2) is 0 Å². The molecule has 0 aromatic heterocycles. The van der Waals surface area contributed by atoms with Crippen molar-refractivity contribution in [2.75, 3.05) is 13.1 Å². The third-order valence-electron chi connectivity index (χ3n) is 4.98. The second kappa shape index (κ2) is 8.65. The minimum atomic E-state index is -0.245. The molecule has 3 rings (SSSR count). The first-order valence-electron chi connectivity index (χ1n) is 9.30. The highest BCUT2D eigenvalue weighted by Crippen LogP contribution is 2.20. The molecule has 26 heavy (non-hydrogen) atoms.